The molecule has 2 heterocycles. The number of aromatic amines is 1. The van der Waals surface area contributed by atoms with Crippen LogP contribution in [0.25, 0.3) is 11.3 Å². The zero-order chi connectivity index (χ0) is 18.0. The number of carbonyl (C=O) groups excluding carboxylic acids is 2. The number of H-pyrrole nitrogens is 1. The van der Waals surface area contributed by atoms with Crippen molar-refractivity contribution in [2.75, 3.05) is 18.4 Å². The van der Waals surface area contributed by atoms with E-state index in [1.165, 1.54) is 11.1 Å². The van der Waals surface area contributed by atoms with E-state index in [1.807, 2.05) is 13.0 Å². The van der Waals surface area contributed by atoms with Gasteiger partial charge >= 0.3 is 0 Å². The molecule has 2 N–H and O–H groups in total. The summed E-state index contributed by atoms with van der Waals surface area (Å²) in [5.41, 5.74) is 4.28. The number of aromatic nitrogens is 2. The SMILES string of the molecule is CCC(=O)N1CCC(C(=O)Nc2cc(-c3cc(C)cc(C)c3)[nH]n2)C1. The van der Waals surface area contributed by atoms with Crippen LogP contribution in [-0.4, -0.2) is 40.0 Å². The Kier molecular flexibility index (Phi) is 4.88. The van der Waals surface area contributed by atoms with Crippen LogP contribution in [0.1, 0.15) is 30.9 Å². The average molecular weight is 340 g/mol. The van der Waals surface area contributed by atoms with Gasteiger partial charge in [0.25, 0.3) is 0 Å². The molecule has 0 saturated carbocycles. The summed E-state index contributed by atoms with van der Waals surface area (Å²) in [5.74, 6) is 0.369. The molecule has 0 aliphatic carbocycles. The highest BCUT2D eigenvalue weighted by atomic mass is 16.2. The van der Waals surface area contributed by atoms with Crippen molar-refractivity contribution in [2.45, 2.75) is 33.6 Å². The minimum absolute atomic E-state index is 0.0788. The Labute approximate surface area is 147 Å². The molecule has 1 aromatic carbocycles. The van der Waals surface area contributed by atoms with Gasteiger partial charge in [-0.25, -0.2) is 0 Å². The number of nitrogens with zero attached hydrogens (tertiary/aromatic N) is 2. The first-order valence-corrected chi connectivity index (χ1v) is 8.69. The normalized spacial score (nSPS) is 16.9. The molecule has 1 aromatic heterocycles. The molecule has 2 aromatic rings. The maximum absolute atomic E-state index is 12.4. The van der Waals surface area contributed by atoms with E-state index in [-0.39, 0.29) is 17.7 Å². The van der Waals surface area contributed by atoms with E-state index < -0.39 is 0 Å². The van der Waals surface area contributed by atoms with E-state index in [1.54, 1.807) is 4.90 Å². The molecular formula is C19H24N4O2. The minimum atomic E-state index is -0.170. The summed E-state index contributed by atoms with van der Waals surface area (Å²) < 4.78 is 0. The predicted octanol–water partition coefficient (Wildman–Crippen LogP) is 2.89. The molecule has 1 fully saturated rings. The monoisotopic (exact) mass is 340 g/mol. The van der Waals surface area contributed by atoms with Gasteiger partial charge in [-0.05, 0) is 32.4 Å². The highest BCUT2D eigenvalue weighted by Crippen LogP contribution is 2.24. The predicted molar refractivity (Wildman–Crippen MR) is 97.1 cm³/mol. The van der Waals surface area contributed by atoms with Crippen LogP contribution < -0.4 is 5.32 Å². The van der Waals surface area contributed by atoms with Gasteiger partial charge in [-0.3, -0.25) is 14.7 Å². The first kappa shape index (κ1) is 17.2. The first-order chi connectivity index (χ1) is 12.0. The summed E-state index contributed by atoms with van der Waals surface area (Å²) in [7, 11) is 0. The lowest BCUT2D eigenvalue weighted by molar-refractivity contribution is -0.130. The molecule has 1 atom stereocenters. The van der Waals surface area contributed by atoms with Gasteiger partial charge < -0.3 is 10.2 Å². The first-order valence-electron chi connectivity index (χ1n) is 8.69. The van der Waals surface area contributed by atoms with Crippen molar-refractivity contribution in [1.29, 1.82) is 0 Å². The van der Waals surface area contributed by atoms with E-state index in [2.05, 4.69) is 47.6 Å². The Morgan fingerprint density at radius 2 is 1.96 bits per heavy atom. The summed E-state index contributed by atoms with van der Waals surface area (Å²) in [6.07, 6.45) is 1.18. The summed E-state index contributed by atoms with van der Waals surface area (Å²) >= 11 is 0. The minimum Gasteiger partial charge on any atom is -0.342 e. The summed E-state index contributed by atoms with van der Waals surface area (Å²) in [6, 6.07) is 8.12. The van der Waals surface area contributed by atoms with Gasteiger partial charge in [-0.1, -0.05) is 24.1 Å². The molecular weight excluding hydrogens is 316 g/mol. The third-order valence-corrected chi connectivity index (χ3v) is 4.58. The second kappa shape index (κ2) is 7.09. The maximum atomic E-state index is 12.4. The smallest absolute Gasteiger partial charge is 0.230 e. The number of hydrogen-bond donors (Lipinski definition) is 2. The Balaban J connectivity index is 1.65. The lowest BCUT2D eigenvalue weighted by Crippen LogP contribution is -2.30. The van der Waals surface area contributed by atoms with Crippen molar-refractivity contribution in [3.8, 4) is 11.3 Å². The van der Waals surface area contributed by atoms with E-state index >= 15 is 0 Å². The molecule has 25 heavy (non-hydrogen) atoms. The van der Waals surface area contributed by atoms with Crippen molar-refractivity contribution in [3.63, 3.8) is 0 Å². The summed E-state index contributed by atoms with van der Waals surface area (Å²) in [4.78, 5) is 25.9. The molecule has 1 aliphatic rings. The van der Waals surface area contributed by atoms with Gasteiger partial charge in [0.15, 0.2) is 5.82 Å². The van der Waals surface area contributed by atoms with Crippen molar-refractivity contribution in [1.82, 2.24) is 15.1 Å². The molecule has 6 nitrogen and oxygen atoms in total. The largest absolute Gasteiger partial charge is 0.342 e. The fourth-order valence-corrected chi connectivity index (χ4v) is 3.32. The molecule has 0 radical (unpaired) electrons. The number of nitrogens with one attached hydrogen (secondary N) is 2. The van der Waals surface area contributed by atoms with Crippen LogP contribution in [0.2, 0.25) is 0 Å². The van der Waals surface area contributed by atoms with Crippen molar-refractivity contribution in [3.05, 3.63) is 35.4 Å². The molecule has 1 unspecified atom stereocenters. The number of benzene rings is 1. The Bertz CT molecular complexity index is 776. The van der Waals surface area contributed by atoms with Gasteiger partial charge in [0.2, 0.25) is 11.8 Å². The van der Waals surface area contributed by atoms with Gasteiger partial charge in [-0.15, -0.1) is 0 Å². The van der Waals surface area contributed by atoms with Crippen molar-refractivity contribution >= 4 is 17.6 Å². The fraction of sp³-hybridized carbons (Fsp3) is 0.421. The average Bonchev–Trinajstić information content (AvgIpc) is 3.22. The van der Waals surface area contributed by atoms with Crippen molar-refractivity contribution < 1.29 is 9.59 Å². The number of aryl methyl sites for hydroxylation is 2. The van der Waals surface area contributed by atoms with E-state index in [0.29, 0.717) is 31.7 Å². The number of anilines is 1. The Hall–Kier alpha value is -2.63. The zero-order valence-electron chi connectivity index (χ0n) is 14.9. The molecule has 3 rings (SSSR count). The molecule has 2 amide bonds. The topological polar surface area (TPSA) is 78.1 Å². The molecule has 0 spiro atoms. The number of hydrogen-bond acceptors (Lipinski definition) is 3. The molecule has 1 aliphatic heterocycles. The third kappa shape index (κ3) is 3.90. The van der Waals surface area contributed by atoms with E-state index in [4.69, 9.17) is 0 Å². The maximum Gasteiger partial charge on any atom is 0.230 e. The fourth-order valence-electron chi connectivity index (χ4n) is 3.32. The van der Waals surface area contributed by atoms with Crippen LogP contribution in [0.3, 0.4) is 0 Å². The zero-order valence-corrected chi connectivity index (χ0v) is 14.9. The van der Waals surface area contributed by atoms with Crippen LogP contribution in [0, 0.1) is 19.8 Å². The molecule has 0 bridgehead atoms. The Morgan fingerprint density at radius 1 is 1.24 bits per heavy atom. The highest BCUT2D eigenvalue weighted by molar-refractivity contribution is 5.93. The van der Waals surface area contributed by atoms with Gasteiger partial charge in [0.05, 0.1) is 11.6 Å². The number of amides is 2. The molecule has 1 saturated heterocycles. The van der Waals surface area contributed by atoms with Gasteiger partial charge in [0.1, 0.15) is 0 Å². The third-order valence-electron chi connectivity index (χ3n) is 4.58. The van der Waals surface area contributed by atoms with Crippen LogP contribution in [0.15, 0.2) is 24.3 Å². The standard InChI is InChI=1S/C19H24N4O2/c1-4-18(24)23-6-5-14(11-23)19(25)20-17-10-16(21-22-17)15-8-12(2)7-13(3)9-15/h7-10,14H,4-6,11H2,1-3H3,(H2,20,21,22,25). The van der Waals surface area contributed by atoms with Gasteiger partial charge in [-0.2, -0.15) is 5.10 Å². The number of carbonyl (C=O) groups is 2. The van der Waals surface area contributed by atoms with E-state index in [0.717, 1.165) is 11.3 Å². The van der Waals surface area contributed by atoms with E-state index in [9.17, 15) is 9.59 Å². The van der Waals surface area contributed by atoms with Crippen LogP contribution >= 0.6 is 0 Å². The van der Waals surface area contributed by atoms with Crippen LogP contribution in [0.4, 0.5) is 5.82 Å². The molecule has 6 heteroatoms. The second-order valence-corrected chi connectivity index (χ2v) is 6.71. The number of rotatable bonds is 4. The highest BCUT2D eigenvalue weighted by Gasteiger charge is 2.30. The van der Waals surface area contributed by atoms with Crippen LogP contribution in [-0.2, 0) is 9.59 Å². The molecule has 132 valence electrons. The lowest BCUT2D eigenvalue weighted by atomic mass is 10.1. The number of likely N-dealkylation sites (tertiary alicyclic amines) is 1. The van der Waals surface area contributed by atoms with Crippen molar-refractivity contribution in [2.24, 2.45) is 5.92 Å². The van der Waals surface area contributed by atoms with Gasteiger partial charge in [0, 0.05) is 31.1 Å². The lowest BCUT2D eigenvalue weighted by Gasteiger charge is -2.14. The quantitative estimate of drug-likeness (QED) is 0.898. The second-order valence-electron chi connectivity index (χ2n) is 6.71. The van der Waals surface area contributed by atoms with Crippen LogP contribution in [0.5, 0.6) is 0 Å². The summed E-state index contributed by atoms with van der Waals surface area (Å²) in [6.45, 7) is 7.10. The summed E-state index contributed by atoms with van der Waals surface area (Å²) in [5, 5.41) is 10.0. The Morgan fingerprint density at radius 3 is 2.64 bits per heavy atom.